The van der Waals surface area contributed by atoms with Crippen LogP contribution in [0.3, 0.4) is 0 Å². The first-order valence-electron chi connectivity index (χ1n) is 10.9. The number of carbonyl (C=O) groups excluding carboxylic acids is 1. The molecule has 9 nitrogen and oxygen atoms in total. The number of methoxy groups -OCH3 is 1. The fourth-order valence-corrected chi connectivity index (χ4v) is 4.81. The van der Waals surface area contributed by atoms with E-state index in [2.05, 4.69) is 10.5 Å². The van der Waals surface area contributed by atoms with Gasteiger partial charge in [0, 0.05) is 12.6 Å². The van der Waals surface area contributed by atoms with Crippen LogP contribution in [-0.4, -0.2) is 51.7 Å². The summed E-state index contributed by atoms with van der Waals surface area (Å²) in [6.45, 7) is 0.314. The largest absolute Gasteiger partial charge is 0.497 e. The Morgan fingerprint density at radius 2 is 1.74 bits per heavy atom. The molecule has 4 rings (SSSR count). The molecule has 3 aromatic rings. The zero-order chi connectivity index (χ0) is 24.7. The summed E-state index contributed by atoms with van der Waals surface area (Å²) >= 11 is 0. The van der Waals surface area contributed by atoms with Crippen LogP contribution < -0.4 is 19.6 Å². The molecule has 0 bridgehead atoms. The summed E-state index contributed by atoms with van der Waals surface area (Å²) in [5.41, 5.74) is 3.88. The van der Waals surface area contributed by atoms with E-state index in [4.69, 9.17) is 14.2 Å². The number of nitrogens with one attached hydrogen (secondary N) is 1. The monoisotopic (exact) mass is 495 g/mol. The van der Waals surface area contributed by atoms with Crippen LogP contribution in [0.2, 0.25) is 0 Å². The molecule has 1 aliphatic rings. The van der Waals surface area contributed by atoms with Crippen molar-refractivity contribution in [3.05, 3.63) is 83.9 Å². The Morgan fingerprint density at radius 1 is 1.03 bits per heavy atom. The molecule has 3 aromatic carbocycles. The molecule has 0 saturated carbocycles. The van der Waals surface area contributed by atoms with Crippen molar-refractivity contribution in [2.24, 2.45) is 5.10 Å². The highest BCUT2D eigenvalue weighted by atomic mass is 32.2. The third-order valence-corrected chi connectivity index (χ3v) is 6.98. The predicted octanol–water partition coefficient (Wildman–Crippen LogP) is 2.81. The lowest BCUT2D eigenvalue weighted by Crippen LogP contribution is -2.39. The highest BCUT2D eigenvalue weighted by molar-refractivity contribution is 7.89. The van der Waals surface area contributed by atoms with Crippen molar-refractivity contribution in [3.8, 4) is 17.2 Å². The van der Waals surface area contributed by atoms with Gasteiger partial charge in [-0.15, -0.1) is 0 Å². The standard InChI is InChI=1S/C25H25N3O6S/c1-32-21-9-7-19(8-10-21)16-26-27-25(29)18-28(17-20-5-3-2-4-6-20)35(30,31)22-11-12-23-24(15-22)34-14-13-33-23/h2-12,15-16H,13-14,17-18H2,1H3,(H,27,29)/b26-16-. The molecule has 1 amide bonds. The Morgan fingerprint density at radius 3 is 2.46 bits per heavy atom. The molecule has 10 heteroatoms. The molecule has 0 saturated heterocycles. The Balaban J connectivity index is 1.52. The summed E-state index contributed by atoms with van der Waals surface area (Å²) in [7, 11) is -2.47. The van der Waals surface area contributed by atoms with Crippen LogP contribution in [0.15, 0.2) is 82.8 Å². The maximum atomic E-state index is 13.5. The van der Waals surface area contributed by atoms with E-state index in [0.29, 0.717) is 30.5 Å². The van der Waals surface area contributed by atoms with Gasteiger partial charge < -0.3 is 14.2 Å². The molecule has 0 atom stereocenters. The topological polar surface area (TPSA) is 107 Å². The Labute approximate surface area is 204 Å². The first-order valence-corrected chi connectivity index (χ1v) is 12.3. The van der Waals surface area contributed by atoms with Gasteiger partial charge in [0.05, 0.1) is 24.8 Å². The number of hydrogen-bond acceptors (Lipinski definition) is 7. The summed E-state index contributed by atoms with van der Waals surface area (Å²) in [5.74, 6) is 0.958. The van der Waals surface area contributed by atoms with E-state index in [-0.39, 0.29) is 11.4 Å². The summed E-state index contributed by atoms with van der Waals surface area (Å²) in [6, 6.07) is 20.6. The van der Waals surface area contributed by atoms with Gasteiger partial charge in [-0.05, 0) is 47.5 Å². The van der Waals surface area contributed by atoms with Crippen LogP contribution in [0.25, 0.3) is 0 Å². The molecular weight excluding hydrogens is 470 g/mol. The van der Waals surface area contributed by atoms with Crippen molar-refractivity contribution in [1.29, 1.82) is 0 Å². The van der Waals surface area contributed by atoms with Gasteiger partial charge in [0.1, 0.15) is 19.0 Å². The average Bonchev–Trinajstić information content (AvgIpc) is 2.89. The summed E-state index contributed by atoms with van der Waals surface area (Å²) in [6.07, 6.45) is 1.47. The van der Waals surface area contributed by atoms with E-state index in [1.165, 1.54) is 18.3 Å². The minimum absolute atomic E-state index is 0.00668. The molecule has 1 aliphatic heterocycles. The number of rotatable bonds is 9. The van der Waals surface area contributed by atoms with Gasteiger partial charge in [0.15, 0.2) is 11.5 Å². The van der Waals surface area contributed by atoms with Crippen molar-refractivity contribution in [3.63, 3.8) is 0 Å². The molecule has 0 aromatic heterocycles. The number of nitrogens with zero attached hydrogens (tertiary/aromatic N) is 2. The van der Waals surface area contributed by atoms with Gasteiger partial charge in [-0.1, -0.05) is 30.3 Å². The molecule has 1 N–H and O–H groups in total. The van der Waals surface area contributed by atoms with E-state index in [1.807, 2.05) is 18.2 Å². The SMILES string of the molecule is COc1ccc(/C=N\NC(=O)CN(Cc2ccccc2)S(=O)(=O)c2ccc3c(c2)OCCO3)cc1. The smallest absolute Gasteiger partial charge is 0.255 e. The van der Waals surface area contributed by atoms with E-state index >= 15 is 0 Å². The van der Waals surface area contributed by atoms with Crippen LogP contribution in [-0.2, 0) is 21.4 Å². The molecule has 0 unspecified atom stereocenters. The van der Waals surface area contributed by atoms with Crippen molar-refractivity contribution in [1.82, 2.24) is 9.73 Å². The van der Waals surface area contributed by atoms with Crippen molar-refractivity contribution in [2.45, 2.75) is 11.4 Å². The van der Waals surface area contributed by atoms with Crippen LogP contribution in [0.5, 0.6) is 17.2 Å². The zero-order valence-electron chi connectivity index (χ0n) is 19.1. The molecule has 182 valence electrons. The molecule has 35 heavy (non-hydrogen) atoms. The quantitative estimate of drug-likeness (QED) is 0.361. The number of fused-ring (bicyclic) bond motifs is 1. The highest BCUT2D eigenvalue weighted by Gasteiger charge is 2.28. The third kappa shape index (κ3) is 6.17. The summed E-state index contributed by atoms with van der Waals surface area (Å²) in [5, 5.41) is 3.95. The van der Waals surface area contributed by atoms with E-state index < -0.39 is 22.5 Å². The fraction of sp³-hybridized carbons (Fsp3) is 0.200. The van der Waals surface area contributed by atoms with Crippen molar-refractivity contribution in [2.75, 3.05) is 26.9 Å². The minimum Gasteiger partial charge on any atom is -0.497 e. The maximum Gasteiger partial charge on any atom is 0.255 e. The second-order valence-electron chi connectivity index (χ2n) is 7.63. The third-order valence-electron chi connectivity index (χ3n) is 5.19. The van der Waals surface area contributed by atoms with E-state index in [1.54, 1.807) is 49.6 Å². The Bertz CT molecular complexity index is 1290. The number of ether oxygens (including phenoxy) is 3. The summed E-state index contributed by atoms with van der Waals surface area (Å²) in [4.78, 5) is 12.7. The zero-order valence-corrected chi connectivity index (χ0v) is 19.9. The van der Waals surface area contributed by atoms with Gasteiger partial charge >= 0.3 is 0 Å². The first kappa shape index (κ1) is 24.2. The van der Waals surface area contributed by atoms with Gasteiger partial charge in [-0.25, -0.2) is 13.8 Å². The van der Waals surface area contributed by atoms with Gasteiger partial charge in [0.2, 0.25) is 10.0 Å². The Hall–Kier alpha value is -3.89. The lowest BCUT2D eigenvalue weighted by atomic mass is 10.2. The van der Waals surface area contributed by atoms with Gasteiger partial charge in [0.25, 0.3) is 5.91 Å². The molecule has 1 heterocycles. The Kier molecular flexibility index (Phi) is 7.64. The first-order chi connectivity index (χ1) is 17.0. The minimum atomic E-state index is -4.04. The van der Waals surface area contributed by atoms with Crippen LogP contribution in [0, 0.1) is 0 Å². The van der Waals surface area contributed by atoms with Gasteiger partial charge in [-0.3, -0.25) is 4.79 Å². The summed E-state index contributed by atoms with van der Waals surface area (Å²) < 4.78 is 44.3. The predicted molar refractivity (Wildman–Crippen MR) is 130 cm³/mol. The van der Waals surface area contributed by atoms with E-state index in [0.717, 1.165) is 15.4 Å². The number of sulfonamides is 1. The van der Waals surface area contributed by atoms with Gasteiger partial charge in [-0.2, -0.15) is 9.41 Å². The second kappa shape index (κ2) is 11.0. The number of hydrogen-bond donors (Lipinski definition) is 1. The normalized spacial score (nSPS) is 13.1. The molecule has 0 aliphatic carbocycles. The number of carbonyl (C=O) groups is 1. The number of hydrazone groups is 1. The molecule has 0 spiro atoms. The van der Waals surface area contributed by atoms with Crippen LogP contribution >= 0.6 is 0 Å². The lowest BCUT2D eigenvalue weighted by molar-refractivity contribution is -0.121. The number of amides is 1. The van der Waals surface area contributed by atoms with E-state index in [9.17, 15) is 13.2 Å². The molecular formula is C25H25N3O6S. The lowest BCUT2D eigenvalue weighted by Gasteiger charge is -2.23. The van der Waals surface area contributed by atoms with Crippen molar-refractivity contribution >= 4 is 22.1 Å². The van der Waals surface area contributed by atoms with Crippen molar-refractivity contribution < 1.29 is 27.4 Å². The average molecular weight is 496 g/mol. The molecule has 0 radical (unpaired) electrons. The highest BCUT2D eigenvalue weighted by Crippen LogP contribution is 2.33. The number of benzene rings is 3. The fourth-order valence-electron chi connectivity index (χ4n) is 3.41. The van der Waals surface area contributed by atoms with Crippen LogP contribution in [0.4, 0.5) is 0 Å². The maximum absolute atomic E-state index is 13.5. The van der Waals surface area contributed by atoms with Crippen LogP contribution in [0.1, 0.15) is 11.1 Å². The molecule has 0 fully saturated rings. The second-order valence-corrected chi connectivity index (χ2v) is 9.57.